The third-order valence-corrected chi connectivity index (χ3v) is 4.13. The second-order valence-electron chi connectivity index (χ2n) is 4.88. The first-order valence-electron chi connectivity index (χ1n) is 6.79. The Labute approximate surface area is 180 Å². The Morgan fingerprint density at radius 3 is 1.58 bits per heavy atom. The molecule has 1 aromatic heterocycles. The van der Waals surface area contributed by atoms with Crippen LogP contribution in [0.15, 0.2) is 24.8 Å². The minimum atomic E-state index is -1.95. The number of methoxy groups -OCH3 is 2. The Kier molecular flexibility index (Phi) is 6.76. The number of alkyl halides is 6. The molecular weight excluding hydrogens is 467 g/mol. The van der Waals surface area contributed by atoms with Crippen molar-refractivity contribution in [1.82, 2.24) is 15.0 Å². The summed E-state index contributed by atoms with van der Waals surface area (Å²) < 4.78 is 6.58. The van der Waals surface area contributed by atoms with Crippen LogP contribution in [0.1, 0.15) is 23.0 Å². The van der Waals surface area contributed by atoms with Crippen LogP contribution in [-0.2, 0) is 7.59 Å². The summed E-state index contributed by atoms with van der Waals surface area (Å²) in [5.41, 5.74) is 0.952. The first kappa shape index (κ1) is 21.6. The lowest BCUT2D eigenvalue weighted by Gasteiger charge is -2.16. The number of aromatic nitrogens is 3. The molecule has 0 spiro atoms. The smallest absolute Gasteiger partial charge is 0.250 e. The Hall–Kier alpha value is -0.690. The molecule has 2 rings (SSSR count). The SMILES string of the molecule is C=C(c1cc(OC)cc(OC)c1)c1nc(C(Cl)(Cl)Cl)nc(C(Cl)(Cl)Cl)n1. The fraction of sp³-hybridized carbons (Fsp3) is 0.267. The van der Waals surface area contributed by atoms with Crippen molar-refractivity contribution in [3.8, 4) is 11.5 Å². The molecule has 0 unspecified atom stereocenters. The van der Waals surface area contributed by atoms with Crippen LogP contribution in [0.2, 0.25) is 0 Å². The largest absolute Gasteiger partial charge is 0.497 e. The molecule has 0 N–H and O–H groups in total. The van der Waals surface area contributed by atoms with Crippen molar-refractivity contribution in [2.45, 2.75) is 7.59 Å². The summed E-state index contributed by atoms with van der Waals surface area (Å²) >= 11 is 35.3. The highest BCUT2D eigenvalue weighted by atomic mass is 35.6. The number of hydrogen-bond acceptors (Lipinski definition) is 5. The van der Waals surface area contributed by atoms with Gasteiger partial charge in [-0.05, 0) is 17.7 Å². The van der Waals surface area contributed by atoms with Gasteiger partial charge in [0.2, 0.25) is 7.59 Å². The molecule has 0 fully saturated rings. The van der Waals surface area contributed by atoms with E-state index in [9.17, 15) is 0 Å². The Morgan fingerprint density at radius 2 is 1.23 bits per heavy atom. The summed E-state index contributed by atoms with van der Waals surface area (Å²) in [5, 5.41) is 0. The van der Waals surface area contributed by atoms with Crippen LogP contribution in [0.4, 0.5) is 0 Å². The van der Waals surface area contributed by atoms with Crippen molar-refractivity contribution in [1.29, 1.82) is 0 Å². The summed E-state index contributed by atoms with van der Waals surface area (Å²) in [6.45, 7) is 3.97. The van der Waals surface area contributed by atoms with Crippen LogP contribution < -0.4 is 9.47 Å². The van der Waals surface area contributed by atoms with Crippen molar-refractivity contribution >= 4 is 75.2 Å². The van der Waals surface area contributed by atoms with Crippen molar-refractivity contribution in [2.75, 3.05) is 14.2 Å². The van der Waals surface area contributed by atoms with E-state index in [1.54, 1.807) is 18.2 Å². The van der Waals surface area contributed by atoms with E-state index in [1.165, 1.54) is 14.2 Å². The predicted molar refractivity (Wildman–Crippen MR) is 106 cm³/mol. The highest BCUT2D eigenvalue weighted by molar-refractivity contribution is 6.67. The van der Waals surface area contributed by atoms with Gasteiger partial charge in [-0.3, -0.25) is 0 Å². The monoisotopic (exact) mass is 475 g/mol. The quantitative estimate of drug-likeness (QED) is 0.536. The van der Waals surface area contributed by atoms with Gasteiger partial charge in [-0.1, -0.05) is 76.2 Å². The summed E-state index contributed by atoms with van der Waals surface area (Å²) in [4.78, 5) is 12.2. The number of rotatable bonds is 4. The van der Waals surface area contributed by atoms with Crippen molar-refractivity contribution in [2.24, 2.45) is 0 Å². The molecule has 0 bridgehead atoms. The van der Waals surface area contributed by atoms with Crippen LogP contribution in [-0.4, -0.2) is 29.2 Å². The van der Waals surface area contributed by atoms with E-state index in [1.807, 2.05) is 0 Å². The van der Waals surface area contributed by atoms with Crippen LogP contribution >= 0.6 is 69.6 Å². The van der Waals surface area contributed by atoms with Gasteiger partial charge in [0.15, 0.2) is 17.5 Å². The molecule has 11 heteroatoms. The maximum atomic E-state index is 5.88. The maximum absolute atomic E-state index is 5.88. The topological polar surface area (TPSA) is 57.1 Å². The fourth-order valence-corrected chi connectivity index (χ4v) is 2.38. The number of nitrogens with zero attached hydrogens (tertiary/aromatic N) is 3. The summed E-state index contributed by atoms with van der Waals surface area (Å²) in [6.07, 6.45) is 0. The molecule has 2 aromatic rings. The van der Waals surface area contributed by atoms with Gasteiger partial charge in [-0.25, -0.2) is 15.0 Å². The van der Waals surface area contributed by atoms with E-state index in [2.05, 4.69) is 21.5 Å². The summed E-state index contributed by atoms with van der Waals surface area (Å²) in [6, 6.07) is 5.11. The van der Waals surface area contributed by atoms with E-state index in [0.29, 0.717) is 22.6 Å². The van der Waals surface area contributed by atoms with Crippen molar-refractivity contribution in [3.63, 3.8) is 0 Å². The minimum absolute atomic E-state index is 0.0676. The second kappa shape index (κ2) is 8.13. The molecule has 0 aliphatic rings. The molecule has 0 saturated carbocycles. The lowest BCUT2D eigenvalue weighted by Crippen LogP contribution is -2.18. The van der Waals surface area contributed by atoms with Gasteiger partial charge >= 0.3 is 0 Å². The number of hydrogen-bond donors (Lipinski definition) is 0. The van der Waals surface area contributed by atoms with Crippen LogP contribution in [0, 0.1) is 0 Å². The molecule has 1 aromatic carbocycles. The zero-order valence-electron chi connectivity index (χ0n) is 13.4. The van der Waals surface area contributed by atoms with E-state index < -0.39 is 7.59 Å². The lowest BCUT2D eigenvalue weighted by atomic mass is 10.1. The van der Waals surface area contributed by atoms with Crippen LogP contribution in [0.5, 0.6) is 11.5 Å². The standard InChI is InChI=1S/C15H11Cl6N3O2/c1-7(8-4-9(25-2)6-10(5-8)26-3)11-22-12(14(16,17)18)24-13(23-11)15(19,20)21/h4-6H,1H2,2-3H3. The average molecular weight is 478 g/mol. The van der Waals surface area contributed by atoms with Gasteiger partial charge in [0.25, 0.3) is 0 Å². The van der Waals surface area contributed by atoms with Gasteiger partial charge in [0.1, 0.15) is 11.5 Å². The van der Waals surface area contributed by atoms with Gasteiger partial charge in [0.05, 0.1) is 14.2 Å². The van der Waals surface area contributed by atoms with Gasteiger partial charge in [-0.15, -0.1) is 0 Å². The Morgan fingerprint density at radius 1 is 0.808 bits per heavy atom. The first-order chi connectivity index (χ1) is 12.0. The Bertz CT molecular complexity index is 779. The molecule has 0 saturated heterocycles. The van der Waals surface area contributed by atoms with Crippen LogP contribution in [0.25, 0.3) is 5.57 Å². The minimum Gasteiger partial charge on any atom is -0.497 e. The zero-order chi connectivity index (χ0) is 19.7. The van der Waals surface area contributed by atoms with E-state index in [-0.39, 0.29) is 17.5 Å². The van der Waals surface area contributed by atoms with Gasteiger partial charge in [-0.2, -0.15) is 0 Å². The lowest BCUT2D eigenvalue weighted by molar-refractivity contribution is 0.394. The second-order valence-corrected chi connectivity index (χ2v) is 9.44. The highest BCUT2D eigenvalue weighted by Crippen LogP contribution is 2.40. The molecule has 1 heterocycles. The van der Waals surface area contributed by atoms with Gasteiger partial charge in [0, 0.05) is 11.6 Å². The number of benzene rings is 1. The molecule has 0 aliphatic carbocycles. The predicted octanol–water partition coefficient (Wildman–Crippen LogP) is 5.60. The molecule has 0 atom stereocenters. The van der Waals surface area contributed by atoms with Crippen molar-refractivity contribution < 1.29 is 9.47 Å². The first-order valence-corrected chi connectivity index (χ1v) is 9.05. The molecular formula is C15H11Cl6N3O2. The maximum Gasteiger partial charge on any atom is 0.250 e. The summed E-state index contributed by atoms with van der Waals surface area (Å²) in [5.74, 6) is 0.739. The third kappa shape index (κ3) is 5.18. The van der Waals surface area contributed by atoms with Crippen LogP contribution in [0.3, 0.4) is 0 Å². The number of halogens is 6. The van der Waals surface area contributed by atoms with Gasteiger partial charge < -0.3 is 9.47 Å². The van der Waals surface area contributed by atoms with Crippen molar-refractivity contribution in [3.05, 3.63) is 47.8 Å². The zero-order valence-corrected chi connectivity index (χ0v) is 17.9. The fourth-order valence-electron chi connectivity index (χ4n) is 1.88. The van der Waals surface area contributed by atoms with E-state index in [0.717, 1.165) is 0 Å². The molecule has 140 valence electrons. The average Bonchev–Trinajstić information content (AvgIpc) is 2.58. The summed E-state index contributed by atoms with van der Waals surface area (Å²) in [7, 11) is 3.04. The molecule has 5 nitrogen and oxygen atoms in total. The Balaban J connectivity index is 2.62. The molecule has 26 heavy (non-hydrogen) atoms. The highest BCUT2D eigenvalue weighted by Gasteiger charge is 2.34. The third-order valence-electron chi connectivity index (χ3n) is 3.11. The van der Waals surface area contributed by atoms with E-state index >= 15 is 0 Å². The molecule has 0 radical (unpaired) electrons. The molecule has 0 aliphatic heterocycles. The normalized spacial score (nSPS) is 12.0. The number of ether oxygens (including phenoxy) is 2. The van der Waals surface area contributed by atoms with E-state index in [4.69, 9.17) is 79.1 Å². The molecule has 0 amide bonds.